The maximum atomic E-state index is 12.6. The number of alkyl halides is 3. The van der Waals surface area contributed by atoms with Gasteiger partial charge in [0.15, 0.2) is 0 Å². The predicted molar refractivity (Wildman–Crippen MR) is 75.3 cm³/mol. The maximum Gasteiger partial charge on any atom is 0.416 e. The number of halogens is 4. The molecule has 20 heavy (non-hydrogen) atoms. The Hall–Kier alpha value is -1.08. The fraction of sp³-hybridized carbons (Fsp3) is 0.462. The molecule has 112 valence electrons. The van der Waals surface area contributed by atoms with Crippen molar-refractivity contribution in [3.63, 3.8) is 0 Å². The molecule has 0 aliphatic rings. The lowest BCUT2D eigenvalue weighted by Crippen LogP contribution is -2.17. The van der Waals surface area contributed by atoms with Gasteiger partial charge in [-0.2, -0.15) is 13.2 Å². The molecule has 0 fully saturated rings. The molecule has 7 heteroatoms. The van der Waals surface area contributed by atoms with Crippen LogP contribution in [0.4, 0.5) is 18.9 Å². The van der Waals surface area contributed by atoms with E-state index in [-0.39, 0.29) is 28.5 Å². The quantitative estimate of drug-likeness (QED) is 0.843. The molecule has 0 saturated carbocycles. The van der Waals surface area contributed by atoms with Crippen LogP contribution in [0.25, 0.3) is 0 Å². The third-order valence-electron chi connectivity index (χ3n) is 2.57. The molecule has 0 aliphatic carbocycles. The van der Waals surface area contributed by atoms with Crippen LogP contribution >= 0.6 is 15.9 Å². The van der Waals surface area contributed by atoms with Crippen LogP contribution in [0.1, 0.15) is 31.7 Å². The van der Waals surface area contributed by atoms with Crippen molar-refractivity contribution in [2.45, 2.75) is 38.4 Å². The second-order valence-electron chi connectivity index (χ2n) is 4.64. The Kier molecular flexibility index (Phi) is 6.01. The summed E-state index contributed by atoms with van der Waals surface area (Å²) in [7, 11) is 0. The van der Waals surface area contributed by atoms with Crippen LogP contribution in [0.3, 0.4) is 0 Å². The van der Waals surface area contributed by atoms with Crippen LogP contribution in [0, 0.1) is 0 Å². The van der Waals surface area contributed by atoms with Crippen molar-refractivity contribution in [1.29, 1.82) is 0 Å². The van der Waals surface area contributed by atoms with Crippen LogP contribution in [0.5, 0.6) is 0 Å². The van der Waals surface area contributed by atoms with Crippen LogP contribution in [-0.4, -0.2) is 11.9 Å². The van der Waals surface area contributed by atoms with Gasteiger partial charge in [0.1, 0.15) is 0 Å². The summed E-state index contributed by atoms with van der Waals surface area (Å²) in [5, 5.41) is 2.46. The molecular formula is C13H16BrF3N2O. The molecule has 0 aromatic heterocycles. The van der Waals surface area contributed by atoms with Crippen LogP contribution in [-0.2, 0) is 11.0 Å². The summed E-state index contributed by atoms with van der Waals surface area (Å²) in [6.45, 7) is 1.84. The van der Waals surface area contributed by atoms with Gasteiger partial charge in [-0.05, 0) is 38.0 Å². The molecule has 0 radical (unpaired) electrons. The van der Waals surface area contributed by atoms with Gasteiger partial charge >= 0.3 is 6.18 Å². The summed E-state index contributed by atoms with van der Waals surface area (Å²) >= 11 is 3.00. The minimum atomic E-state index is -4.45. The van der Waals surface area contributed by atoms with Crippen molar-refractivity contribution in [1.82, 2.24) is 0 Å². The molecule has 1 unspecified atom stereocenters. The number of amides is 1. The number of carbonyl (C=O) groups is 1. The Balaban J connectivity index is 2.68. The molecule has 1 aromatic carbocycles. The van der Waals surface area contributed by atoms with Gasteiger partial charge in [-0.15, -0.1) is 0 Å². The van der Waals surface area contributed by atoms with Gasteiger partial charge in [0, 0.05) is 22.6 Å². The second-order valence-corrected chi connectivity index (χ2v) is 5.56. The third-order valence-corrected chi connectivity index (χ3v) is 3.03. The minimum Gasteiger partial charge on any atom is -0.328 e. The van der Waals surface area contributed by atoms with Gasteiger partial charge in [0.05, 0.1) is 5.56 Å². The molecule has 0 bridgehead atoms. The van der Waals surface area contributed by atoms with E-state index in [4.69, 9.17) is 5.73 Å². The summed E-state index contributed by atoms with van der Waals surface area (Å²) in [4.78, 5) is 11.6. The monoisotopic (exact) mass is 352 g/mol. The molecule has 3 N–H and O–H groups in total. The molecule has 1 aromatic rings. The van der Waals surface area contributed by atoms with E-state index in [9.17, 15) is 18.0 Å². The van der Waals surface area contributed by atoms with E-state index in [0.717, 1.165) is 12.1 Å². The molecule has 3 nitrogen and oxygen atoms in total. The topological polar surface area (TPSA) is 55.1 Å². The van der Waals surface area contributed by atoms with Gasteiger partial charge < -0.3 is 11.1 Å². The summed E-state index contributed by atoms with van der Waals surface area (Å²) in [6.07, 6.45) is -2.92. The van der Waals surface area contributed by atoms with E-state index in [2.05, 4.69) is 21.2 Å². The van der Waals surface area contributed by atoms with Crippen molar-refractivity contribution in [2.24, 2.45) is 5.73 Å². The molecular weight excluding hydrogens is 337 g/mol. The molecule has 1 amide bonds. The third kappa shape index (κ3) is 5.92. The average molecular weight is 353 g/mol. The van der Waals surface area contributed by atoms with E-state index in [1.54, 1.807) is 0 Å². The lowest BCUT2D eigenvalue weighted by molar-refractivity contribution is -0.137. The van der Waals surface area contributed by atoms with Crippen molar-refractivity contribution in [3.05, 3.63) is 28.2 Å². The maximum absolute atomic E-state index is 12.6. The molecule has 0 heterocycles. The zero-order valence-corrected chi connectivity index (χ0v) is 12.5. The zero-order chi connectivity index (χ0) is 15.3. The molecule has 0 saturated heterocycles. The summed E-state index contributed by atoms with van der Waals surface area (Å²) in [6, 6.07) is 3.31. The minimum absolute atomic E-state index is 0.00509. The molecule has 0 aliphatic heterocycles. The van der Waals surface area contributed by atoms with Crippen molar-refractivity contribution >= 4 is 27.5 Å². The summed E-state index contributed by atoms with van der Waals surface area (Å²) in [5.74, 6) is -0.322. The van der Waals surface area contributed by atoms with Gasteiger partial charge in [-0.3, -0.25) is 4.79 Å². The van der Waals surface area contributed by atoms with Gasteiger partial charge in [0.2, 0.25) is 5.91 Å². The van der Waals surface area contributed by atoms with Crippen LogP contribution < -0.4 is 11.1 Å². The zero-order valence-electron chi connectivity index (χ0n) is 10.9. The largest absolute Gasteiger partial charge is 0.416 e. The number of hydrogen-bond acceptors (Lipinski definition) is 2. The van der Waals surface area contributed by atoms with Crippen molar-refractivity contribution in [3.8, 4) is 0 Å². The van der Waals surface area contributed by atoms with E-state index in [1.807, 2.05) is 6.92 Å². The number of hydrogen-bond donors (Lipinski definition) is 2. The van der Waals surface area contributed by atoms with Crippen LogP contribution in [0.2, 0.25) is 0 Å². The Labute approximate surface area is 123 Å². The smallest absolute Gasteiger partial charge is 0.328 e. The highest BCUT2D eigenvalue weighted by molar-refractivity contribution is 9.10. The number of benzene rings is 1. The van der Waals surface area contributed by atoms with Gasteiger partial charge in [0.25, 0.3) is 0 Å². The Morgan fingerprint density at radius 2 is 2.05 bits per heavy atom. The van der Waals surface area contributed by atoms with Crippen LogP contribution in [0.15, 0.2) is 22.7 Å². The number of nitrogens with one attached hydrogen (secondary N) is 1. The first-order valence-electron chi connectivity index (χ1n) is 6.11. The van der Waals surface area contributed by atoms with Gasteiger partial charge in [-0.25, -0.2) is 0 Å². The SMILES string of the molecule is CC(N)CCCC(=O)Nc1cc(Br)cc(C(F)(F)F)c1. The predicted octanol–water partition coefficient (Wildman–Crippen LogP) is 3.92. The van der Waals surface area contributed by atoms with Crippen molar-refractivity contribution < 1.29 is 18.0 Å². The van der Waals surface area contributed by atoms with E-state index in [0.29, 0.717) is 12.8 Å². The summed E-state index contributed by atoms with van der Waals surface area (Å²) in [5.41, 5.74) is 4.87. The Bertz CT molecular complexity index is 475. The first-order valence-corrected chi connectivity index (χ1v) is 6.91. The van der Waals surface area contributed by atoms with E-state index < -0.39 is 11.7 Å². The number of anilines is 1. The molecule has 1 atom stereocenters. The Morgan fingerprint density at radius 1 is 1.40 bits per heavy atom. The fourth-order valence-corrected chi connectivity index (χ4v) is 2.13. The molecule has 0 spiro atoms. The van der Waals surface area contributed by atoms with Gasteiger partial charge in [-0.1, -0.05) is 15.9 Å². The number of rotatable bonds is 5. The van der Waals surface area contributed by atoms with E-state index >= 15 is 0 Å². The van der Waals surface area contributed by atoms with E-state index in [1.165, 1.54) is 6.07 Å². The first-order chi connectivity index (χ1) is 9.18. The lowest BCUT2D eigenvalue weighted by Gasteiger charge is -2.11. The standard InChI is InChI=1S/C13H16BrF3N2O/c1-8(18)3-2-4-12(20)19-11-6-9(13(15,16)17)5-10(14)7-11/h5-8H,2-4,18H2,1H3,(H,19,20). The highest BCUT2D eigenvalue weighted by Crippen LogP contribution is 2.33. The highest BCUT2D eigenvalue weighted by atomic mass is 79.9. The normalized spacial score (nSPS) is 13.1. The summed E-state index contributed by atoms with van der Waals surface area (Å²) < 4.78 is 38.2. The highest BCUT2D eigenvalue weighted by Gasteiger charge is 2.31. The Morgan fingerprint density at radius 3 is 2.60 bits per heavy atom. The number of nitrogens with two attached hydrogens (primary N) is 1. The number of carbonyl (C=O) groups excluding carboxylic acids is 1. The lowest BCUT2D eigenvalue weighted by atomic mass is 10.1. The fourth-order valence-electron chi connectivity index (χ4n) is 1.63. The first kappa shape index (κ1) is 17.0. The molecule has 1 rings (SSSR count). The average Bonchev–Trinajstić information content (AvgIpc) is 2.26. The van der Waals surface area contributed by atoms with Crippen molar-refractivity contribution in [2.75, 3.05) is 5.32 Å². The second kappa shape index (κ2) is 7.08.